The fourth-order valence-corrected chi connectivity index (χ4v) is 1.29. The molecule has 1 aromatic rings. The average molecular weight is 225 g/mol. The maximum absolute atomic E-state index is 10.6. The number of rotatable bonds is 2. The summed E-state index contributed by atoms with van der Waals surface area (Å²) >= 11 is 0. The molecule has 0 spiro atoms. The third kappa shape index (κ3) is 4.16. The second-order valence-electron chi connectivity index (χ2n) is 2.42. The summed E-state index contributed by atoms with van der Waals surface area (Å²) in [6.45, 7) is 1.36. The van der Waals surface area contributed by atoms with Crippen LogP contribution in [0.25, 0.3) is 0 Å². The maximum atomic E-state index is 10.6. The molecule has 6 heteroatoms. The van der Waals surface area contributed by atoms with Crippen molar-refractivity contribution in [1.29, 1.82) is 0 Å². The van der Waals surface area contributed by atoms with Crippen molar-refractivity contribution in [3.05, 3.63) is 30.1 Å². The minimum Gasteiger partial charge on any atom is -0.747 e. The van der Waals surface area contributed by atoms with Gasteiger partial charge in [-0.2, -0.15) is 0 Å². The molecule has 1 heterocycles. The van der Waals surface area contributed by atoms with E-state index in [9.17, 15) is 13.0 Å². The number of hydrogen-bond acceptors (Lipinski definition) is 4. The van der Waals surface area contributed by atoms with Gasteiger partial charge in [-0.25, -0.2) is 8.42 Å². The summed E-state index contributed by atoms with van der Waals surface area (Å²) in [5.74, 6) is 0. The first-order valence-corrected chi connectivity index (χ1v) is 4.83. The van der Waals surface area contributed by atoms with Crippen LogP contribution in [0.15, 0.2) is 24.5 Å². The Kier molecular flexibility index (Phi) is 5.84. The Morgan fingerprint density at radius 3 is 2.23 bits per heavy atom. The zero-order valence-corrected chi connectivity index (χ0v) is 11.4. The topological polar surface area (TPSA) is 70.1 Å². The van der Waals surface area contributed by atoms with Gasteiger partial charge in [0.05, 0.1) is 5.25 Å². The molecule has 66 valence electrons. The molecule has 0 aliphatic rings. The van der Waals surface area contributed by atoms with Gasteiger partial charge >= 0.3 is 51.4 Å². The Hall–Kier alpha value is 0.696. The minimum absolute atomic E-state index is 0. The van der Waals surface area contributed by atoms with Gasteiger partial charge in [0.25, 0.3) is 0 Å². The Labute approximate surface area is 120 Å². The molecule has 0 saturated carbocycles. The Morgan fingerprint density at radius 1 is 1.38 bits per heavy atom. The molecule has 0 radical (unpaired) electrons. The van der Waals surface area contributed by atoms with Crippen molar-refractivity contribution in [3.8, 4) is 0 Å². The van der Waals surface area contributed by atoms with Crippen LogP contribution in [0.3, 0.4) is 0 Å². The van der Waals surface area contributed by atoms with Crippen LogP contribution >= 0.6 is 0 Å². The molecule has 0 aromatic carbocycles. The Morgan fingerprint density at radius 2 is 1.85 bits per heavy atom. The van der Waals surface area contributed by atoms with Crippen LogP contribution in [-0.2, 0) is 10.1 Å². The van der Waals surface area contributed by atoms with E-state index in [0.29, 0.717) is 5.56 Å². The van der Waals surface area contributed by atoms with Gasteiger partial charge in [0.2, 0.25) is 0 Å². The zero-order valence-electron chi connectivity index (χ0n) is 7.47. The Balaban J connectivity index is 0.00000144. The monoisotopic (exact) mass is 225 g/mol. The summed E-state index contributed by atoms with van der Waals surface area (Å²) in [6.07, 6.45) is 2.91. The molecule has 0 aliphatic carbocycles. The molecule has 0 saturated heterocycles. The van der Waals surface area contributed by atoms with Crippen LogP contribution in [0.4, 0.5) is 0 Å². The predicted octanol–water partition coefficient (Wildman–Crippen LogP) is -2.31. The summed E-state index contributed by atoms with van der Waals surface area (Å²) in [7, 11) is -4.23. The van der Waals surface area contributed by atoms with Gasteiger partial charge in [0.1, 0.15) is 10.1 Å². The molecule has 1 atom stereocenters. The fourth-order valence-electron chi connectivity index (χ4n) is 0.801. The molecule has 4 nitrogen and oxygen atoms in total. The quantitative estimate of drug-likeness (QED) is 0.419. The van der Waals surface area contributed by atoms with Crippen LogP contribution in [0, 0.1) is 0 Å². The van der Waals surface area contributed by atoms with Gasteiger partial charge in [0.15, 0.2) is 0 Å². The molecule has 13 heavy (non-hydrogen) atoms. The number of nitrogens with zero attached hydrogens (tertiary/aromatic N) is 1. The molecule has 0 bridgehead atoms. The third-order valence-electron chi connectivity index (χ3n) is 1.61. The molecule has 0 amide bonds. The standard InChI is InChI=1S/C7H9NO3S.K/c1-6(12(9,10)11)7-2-4-8-5-3-7;/h2-6H,1H3,(H,9,10,11);/q;+1/p-1. The number of hydrogen-bond donors (Lipinski definition) is 0. The molecule has 0 aliphatic heterocycles. The van der Waals surface area contributed by atoms with E-state index < -0.39 is 15.4 Å². The minimum atomic E-state index is -4.23. The van der Waals surface area contributed by atoms with E-state index in [1.54, 1.807) is 0 Å². The van der Waals surface area contributed by atoms with E-state index >= 15 is 0 Å². The van der Waals surface area contributed by atoms with Crippen molar-refractivity contribution in [2.24, 2.45) is 0 Å². The molecule has 0 N–H and O–H groups in total. The van der Waals surface area contributed by atoms with Crippen LogP contribution in [0.2, 0.25) is 0 Å². The van der Waals surface area contributed by atoms with Gasteiger partial charge in [-0.1, -0.05) is 0 Å². The van der Waals surface area contributed by atoms with Gasteiger partial charge in [-0.15, -0.1) is 0 Å². The van der Waals surface area contributed by atoms with E-state index in [0.717, 1.165) is 0 Å². The number of pyridine rings is 1. The van der Waals surface area contributed by atoms with Crippen molar-refractivity contribution in [2.75, 3.05) is 0 Å². The second kappa shape index (κ2) is 5.55. The average Bonchev–Trinajstić information content (AvgIpc) is 2.03. The molecule has 1 unspecified atom stereocenters. The molecular weight excluding hydrogens is 217 g/mol. The van der Waals surface area contributed by atoms with Crippen molar-refractivity contribution < 1.29 is 64.4 Å². The summed E-state index contributed by atoms with van der Waals surface area (Å²) in [6, 6.07) is 3.03. The van der Waals surface area contributed by atoms with Crippen LogP contribution in [0.1, 0.15) is 17.7 Å². The molecule has 1 aromatic heterocycles. The molecule has 0 fully saturated rings. The maximum Gasteiger partial charge on any atom is 1.00 e. The van der Waals surface area contributed by atoms with E-state index in [1.807, 2.05) is 0 Å². The van der Waals surface area contributed by atoms with Crippen molar-refractivity contribution >= 4 is 10.1 Å². The van der Waals surface area contributed by atoms with Crippen molar-refractivity contribution in [2.45, 2.75) is 12.2 Å². The molecular formula is C7H8KNO3S. The van der Waals surface area contributed by atoms with Gasteiger partial charge in [0, 0.05) is 12.4 Å². The van der Waals surface area contributed by atoms with Gasteiger partial charge in [-0.3, -0.25) is 4.98 Å². The summed E-state index contributed by atoms with van der Waals surface area (Å²) in [5, 5.41) is -1.000. The van der Waals surface area contributed by atoms with Crippen molar-refractivity contribution in [1.82, 2.24) is 4.98 Å². The van der Waals surface area contributed by atoms with Crippen LogP contribution < -0.4 is 51.4 Å². The first kappa shape index (κ1) is 13.7. The predicted molar refractivity (Wildman–Crippen MR) is 42.3 cm³/mol. The summed E-state index contributed by atoms with van der Waals surface area (Å²) in [4.78, 5) is 3.71. The SMILES string of the molecule is CC(c1ccncc1)S(=O)(=O)[O-].[K+]. The first-order valence-electron chi connectivity index (χ1n) is 3.36. The van der Waals surface area contributed by atoms with Gasteiger partial charge in [-0.05, 0) is 24.6 Å². The largest absolute Gasteiger partial charge is 1.00 e. The van der Waals surface area contributed by atoms with E-state index in [-0.39, 0.29) is 51.4 Å². The first-order chi connectivity index (χ1) is 5.52. The third-order valence-corrected chi connectivity index (χ3v) is 2.75. The summed E-state index contributed by atoms with van der Waals surface area (Å²) in [5.41, 5.74) is 0.472. The molecule has 1 rings (SSSR count). The second-order valence-corrected chi connectivity index (χ2v) is 4.11. The fraction of sp³-hybridized carbons (Fsp3) is 0.286. The normalized spacial score (nSPS) is 13.1. The summed E-state index contributed by atoms with van der Waals surface area (Å²) < 4.78 is 31.7. The van der Waals surface area contributed by atoms with Crippen LogP contribution in [0.5, 0.6) is 0 Å². The smallest absolute Gasteiger partial charge is 0.747 e. The zero-order chi connectivity index (χ0) is 9.19. The van der Waals surface area contributed by atoms with Crippen LogP contribution in [-0.4, -0.2) is 18.0 Å². The number of aromatic nitrogens is 1. The Bertz CT molecular complexity index is 351. The van der Waals surface area contributed by atoms with Gasteiger partial charge < -0.3 is 4.55 Å². The van der Waals surface area contributed by atoms with Crippen molar-refractivity contribution in [3.63, 3.8) is 0 Å². The van der Waals surface area contributed by atoms with E-state index in [4.69, 9.17) is 0 Å². The van der Waals surface area contributed by atoms with E-state index in [2.05, 4.69) is 4.98 Å². The van der Waals surface area contributed by atoms with E-state index in [1.165, 1.54) is 31.5 Å².